The van der Waals surface area contributed by atoms with Crippen molar-refractivity contribution in [2.45, 2.75) is 76.3 Å². The molecule has 3 aliphatic carbocycles. The predicted octanol–water partition coefficient (Wildman–Crippen LogP) is 2.80. The van der Waals surface area contributed by atoms with Crippen molar-refractivity contribution in [2.75, 3.05) is 0 Å². The van der Waals surface area contributed by atoms with Gasteiger partial charge in [0.1, 0.15) is 0 Å². The minimum atomic E-state index is 0.502. The summed E-state index contributed by atoms with van der Waals surface area (Å²) in [5, 5.41) is 0. The van der Waals surface area contributed by atoms with Crippen molar-refractivity contribution >= 4 is 0 Å². The van der Waals surface area contributed by atoms with E-state index >= 15 is 0 Å². The number of rotatable bonds is 2. The van der Waals surface area contributed by atoms with Crippen molar-refractivity contribution in [3.05, 3.63) is 0 Å². The van der Waals surface area contributed by atoms with Crippen LogP contribution >= 0.6 is 0 Å². The Labute approximate surface area is 106 Å². The zero-order valence-corrected chi connectivity index (χ0v) is 11.0. The van der Waals surface area contributed by atoms with Gasteiger partial charge in [0.25, 0.3) is 0 Å². The molecular weight excluding hydrogens is 208 g/mol. The zero-order chi connectivity index (χ0) is 11.9. The van der Waals surface area contributed by atoms with Crippen LogP contribution in [0.25, 0.3) is 0 Å². The van der Waals surface area contributed by atoms with E-state index in [4.69, 9.17) is 11.5 Å². The summed E-state index contributed by atoms with van der Waals surface area (Å²) in [6.45, 7) is 0. The first-order valence-electron chi connectivity index (χ1n) is 7.72. The lowest BCUT2D eigenvalue weighted by atomic mass is 9.66. The molecule has 3 saturated carbocycles. The van der Waals surface area contributed by atoms with Crippen molar-refractivity contribution in [1.82, 2.24) is 0 Å². The molecule has 0 radical (unpaired) electrons. The Balaban J connectivity index is 1.61. The molecule has 4 N–H and O–H groups in total. The van der Waals surface area contributed by atoms with Crippen LogP contribution in [0, 0.1) is 17.3 Å². The molecule has 0 amide bonds. The highest BCUT2D eigenvalue weighted by Gasteiger charge is 2.54. The lowest BCUT2D eigenvalue weighted by Crippen LogP contribution is -2.36. The summed E-state index contributed by atoms with van der Waals surface area (Å²) >= 11 is 0. The molecule has 3 aliphatic rings. The van der Waals surface area contributed by atoms with Gasteiger partial charge in [-0.2, -0.15) is 0 Å². The smallest absolute Gasteiger partial charge is 0.00390 e. The summed E-state index contributed by atoms with van der Waals surface area (Å²) in [6.07, 6.45) is 13.7. The second-order valence-corrected chi connectivity index (χ2v) is 6.96. The van der Waals surface area contributed by atoms with E-state index in [2.05, 4.69) is 0 Å². The minimum Gasteiger partial charge on any atom is -0.328 e. The van der Waals surface area contributed by atoms with E-state index in [0.29, 0.717) is 12.1 Å². The van der Waals surface area contributed by atoms with Crippen LogP contribution in [0.1, 0.15) is 64.2 Å². The van der Waals surface area contributed by atoms with Gasteiger partial charge in [-0.15, -0.1) is 0 Å². The van der Waals surface area contributed by atoms with Crippen LogP contribution in [0.15, 0.2) is 0 Å². The van der Waals surface area contributed by atoms with Gasteiger partial charge in [-0.05, 0) is 81.5 Å². The number of hydrogen-bond donors (Lipinski definition) is 2. The molecule has 0 atom stereocenters. The third-order valence-corrected chi connectivity index (χ3v) is 6.00. The number of nitrogens with two attached hydrogens (primary N) is 2. The summed E-state index contributed by atoms with van der Waals surface area (Å²) in [5.41, 5.74) is 12.8. The summed E-state index contributed by atoms with van der Waals surface area (Å²) in [4.78, 5) is 0. The van der Waals surface area contributed by atoms with Crippen LogP contribution in [0.4, 0.5) is 0 Å². The van der Waals surface area contributed by atoms with Gasteiger partial charge >= 0.3 is 0 Å². The summed E-state index contributed by atoms with van der Waals surface area (Å²) in [6, 6.07) is 1.00. The van der Waals surface area contributed by atoms with E-state index in [-0.39, 0.29) is 0 Å². The molecule has 0 spiro atoms. The van der Waals surface area contributed by atoms with E-state index in [1.165, 1.54) is 64.2 Å². The Morgan fingerprint density at radius 3 is 1.24 bits per heavy atom. The van der Waals surface area contributed by atoms with E-state index < -0.39 is 0 Å². The fourth-order valence-corrected chi connectivity index (χ4v) is 4.68. The van der Waals surface area contributed by atoms with Gasteiger partial charge in [0.15, 0.2) is 0 Å². The largest absolute Gasteiger partial charge is 0.328 e. The molecule has 0 aromatic carbocycles. The van der Waals surface area contributed by atoms with Crippen LogP contribution < -0.4 is 11.5 Å². The van der Waals surface area contributed by atoms with Gasteiger partial charge in [-0.25, -0.2) is 0 Å². The van der Waals surface area contributed by atoms with Crippen LogP contribution in [0.2, 0.25) is 0 Å². The number of hydrogen-bond acceptors (Lipinski definition) is 2. The van der Waals surface area contributed by atoms with Crippen LogP contribution in [0.3, 0.4) is 0 Å². The molecule has 0 aromatic heterocycles. The van der Waals surface area contributed by atoms with Gasteiger partial charge in [-0.1, -0.05) is 0 Å². The quantitative estimate of drug-likeness (QED) is 0.774. The highest BCUT2D eigenvalue weighted by molar-refractivity contribution is 5.05. The third kappa shape index (κ3) is 2.26. The molecule has 2 heteroatoms. The zero-order valence-electron chi connectivity index (χ0n) is 11.0. The van der Waals surface area contributed by atoms with Gasteiger partial charge in [-0.3, -0.25) is 0 Å². The van der Waals surface area contributed by atoms with Crippen LogP contribution in [-0.2, 0) is 0 Å². The van der Waals surface area contributed by atoms with Gasteiger partial charge in [0, 0.05) is 12.1 Å². The SMILES string of the molecule is NC1CCC(C2(C3CCC(N)CC3)CC2)CC1. The third-order valence-electron chi connectivity index (χ3n) is 6.00. The lowest BCUT2D eigenvalue weighted by molar-refractivity contribution is 0.111. The van der Waals surface area contributed by atoms with Gasteiger partial charge < -0.3 is 11.5 Å². The topological polar surface area (TPSA) is 52.0 Å². The molecule has 2 nitrogen and oxygen atoms in total. The highest BCUT2D eigenvalue weighted by atomic mass is 14.7. The first-order valence-corrected chi connectivity index (χ1v) is 7.72. The van der Waals surface area contributed by atoms with E-state index in [9.17, 15) is 0 Å². The summed E-state index contributed by atoms with van der Waals surface area (Å²) < 4.78 is 0. The molecule has 98 valence electrons. The van der Waals surface area contributed by atoms with Crippen molar-refractivity contribution in [3.8, 4) is 0 Å². The predicted molar refractivity (Wildman–Crippen MR) is 71.5 cm³/mol. The Morgan fingerprint density at radius 2 is 0.941 bits per heavy atom. The molecule has 0 heterocycles. The second kappa shape index (κ2) is 4.55. The first kappa shape index (κ1) is 12.0. The molecule has 3 rings (SSSR count). The molecular formula is C15H28N2. The van der Waals surface area contributed by atoms with Crippen molar-refractivity contribution < 1.29 is 0 Å². The Bertz CT molecular complexity index is 232. The summed E-state index contributed by atoms with van der Waals surface area (Å²) in [5.74, 6) is 2.00. The molecule has 0 unspecified atom stereocenters. The van der Waals surface area contributed by atoms with Crippen LogP contribution in [0.5, 0.6) is 0 Å². The maximum Gasteiger partial charge on any atom is 0.00390 e. The van der Waals surface area contributed by atoms with Crippen molar-refractivity contribution in [1.29, 1.82) is 0 Å². The molecule has 0 saturated heterocycles. The van der Waals surface area contributed by atoms with E-state index in [1.54, 1.807) is 0 Å². The Morgan fingerprint density at radius 1 is 0.588 bits per heavy atom. The van der Waals surface area contributed by atoms with E-state index in [0.717, 1.165) is 17.3 Å². The van der Waals surface area contributed by atoms with Crippen LogP contribution in [-0.4, -0.2) is 12.1 Å². The maximum atomic E-state index is 6.04. The first-order chi connectivity index (χ1) is 8.21. The van der Waals surface area contributed by atoms with Crippen molar-refractivity contribution in [2.24, 2.45) is 28.7 Å². The standard InChI is InChI=1S/C15H28N2/c16-13-5-1-11(2-6-13)15(9-10-15)12-3-7-14(17)8-4-12/h11-14H,1-10,16-17H2. The Kier molecular flexibility index (Phi) is 3.20. The molecule has 3 fully saturated rings. The molecule has 0 bridgehead atoms. The normalized spacial score (nSPS) is 45.5. The average Bonchev–Trinajstić information content (AvgIpc) is 3.12. The van der Waals surface area contributed by atoms with Gasteiger partial charge in [0.05, 0.1) is 0 Å². The fraction of sp³-hybridized carbons (Fsp3) is 1.00. The van der Waals surface area contributed by atoms with Gasteiger partial charge in [0.2, 0.25) is 0 Å². The van der Waals surface area contributed by atoms with E-state index in [1.807, 2.05) is 0 Å². The Hall–Kier alpha value is -0.0800. The maximum absolute atomic E-state index is 6.04. The second-order valence-electron chi connectivity index (χ2n) is 6.96. The van der Waals surface area contributed by atoms with Crippen molar-refractivity contribution in [3.63, 3.8) is 0 Å². The molecule has 0 aliphatic heterocycles. The fourth-order valence-electron chi connectivity index (χ4n) is 4.68. The summed E-state index contributed by atoms with van der Waals surface area (Å²) in [7, 11) is 0. The highest BCUT2D eigenvalue weighted by Crippen LogP contribution is 2.63. The lowest BCUT2D eigenvalue weighted by Gasteiger charge is -2.40. The molecule has 0 aromatic rings. The minimum absolute atomic E-state index is 0.502. The monoisotopic (exact) mass is 236 g/mol. The molecule has 17 heavy (non-hydrogen) atoms. The average molecular weight is 236 g/mol.